The summed E-state index contributed by atoms with van der Waals surface area (Å²) in [4.78, 5) is 30.8. The van der Waals surface area contributed by atoms with Crippen LogP contribution in [0.2, 0.25) is 0 Å². The number of aromatic nitrogens is 3. The van der Waals surface area contributed by atoms with Gasteiger partial charge in [-0.25, -0.2) is 18.9 Å². The van der Waals surface area contributed by atoms with Crippen LogP contribution >= 0.6 is 0 Å². The minimum atomic E-state index is -0.558. The molecule has 1 N–H and O–H groups in total. The fourth-order valence-electron chi connectivity index (χ4n) is 3.95. The van der Waals surface area contributed by atoms with Crippen molar-refractivity contribution in [3.8, 4) is 5.82 Å². The molecular formula is C22H21FN6O3. The molecule has 1 aromatic carbocycles. The lowest BCUT2D eigenvalue weighted by atomic mass is 10.2. The predicted octanol–water partition coefficient (Wildman–Crippen LogP) is 2.39. The fourth-order valence-corrected chi connectivity index (χ4v) is 3.95. The summed E-state index contributed by atoms with van der Waals surface area (Å²) in [5, 5.41) is 7.21. The van der Waals surface area contributed by atoms with E-state index in [2.05, 4.69) is 15.4 Å². The minimum absolute atomic E-state index is 0.201. The van der Waals surface area contributed by atoms with Crippen LogP contribution in [0.3, 0.4) is 0 Å². The summed E-state index contributed by atoms with van der Waals surface area (Å²) in [6.45, 7) is 2.87. The van der Waals surface area contributed by atoms with E-state index in [9.17, 15) is 14.0 Å². The lowest BCUT2D eigenvalue weighted by Gasteiger charge is -2.21. The Bertz CT molecular complexity index is 1160. The number of hydrogen-bond acceptors (Lipinski definition) is 6. The third-order valence-corrected chi connectivity index (χ3v) is 5.50. The Morgan fingerprint density at radius 1 is 1.28 bits per heavy atom. The van der Waals surface area contributed by atoms with E-state index >= 15 is 0 Å². The van der Waals surface area contributed by atoms with Crippen molar-refractivity contribution >= 4 is 23.4 Å². The van der Waals surface area contributed by atoms with Crippen molar-refractivity contribution < 1.29 is 18.7 Å². The number of fused-ring (bicyclic) bond motifs is 1. The number of rotatable bonds is 5. The lowest BCUT2D eigenvalue weighted by molar-refractivity contribution is -0.119. The summed E-state index contributed by atoms with van der Waals surface area (Å²) in [5.74, 6) is 0.106. The SMILES string of the molecule is CC(=O)NC[C@H]1CN(c2ccc(N3Cc4cn(-c5ccccn5)nc4C3)c(F)c2)C(=O)O1. The van der Waals surface area contributed by atoms with Gasteiger partial charge in [0, 0.05) is 31.4 Å². The molecule has 1 fully saturated rings. The van der Waals surface area contributed by atoms with Gasteiger partial charge in [0.2, 0.25) is 5.91 Å². The standard InChI is InChI=1S/C22H21FN6O3/c1-14(30)25-9-17-12-28(22(31)32-17)16-5-6-20(18(23)8-16)27-10-15-11-29(26-19(15)13-27)21-4-2-3-7-24-21/h2-8,11,17H,9-10,12-13H2,1H3,(H,25,30)/t17-/m0/s1. The molecular weight excluding hydrogens is 415 g/mol. The summed E-state index contributed by atoms with van der Waals surface area (Å²) in [7, 11) is 0. The van der Waals surface area contributed by atoms with Gasteiger partial charge in [-0.1, -0.05) is 6.07 Å². The second-order valence-corrected chi connectivity index (χ2v) is 7.78. The highest BCUT2D eigenvalue weighted by molar-refractivity contribution is 5.90. The molecule has 3 aromatic rings. The van der Waals surface area contributed by atoms with Crippen LogP contribution in [0.4, 0.5) is 20.6 Å². The van der Waals surface area contributed by atoms with Crippen LogP contribution in [0.15, 0.2) is 48.8 Å². The third-order valence-electron chi connectivity index (χ3n) is 5.50. The Morgan fingerprint density at radius 3 is 2.88 bits per heavy atom. The quantitative estimate of drug-likeness (QED) is 0.660. The Balaban J connectivity index is 1.28. The van der Waals surface area contributed by atoms with E-state index in [1.165, 1.54) is 17.9 Å². The molecule has 2 aliphatic heterocycles. The number of nitrogens with one attached hydrogen (secondary N) is 1. The summed E-state index contributed by atoms with van der Waals surface area (Å²) in [6.07, 6.45) is 2.60. The number of pyridine rings is 1. The van der Waals surface area contributed by atoms with E-state index in [-0.39, 0.29) is 19.0 Å². The van der Waals surface area contributed by atoms with Gasteiger partial charge in [-0.05, 0) is 30.3 Å². The van der Waals surface area contributed by atoms with Gasteiger partial charge >= 0.3 is 6.09 Å². The van der Waals surface area contributed by atoms with E-state index < -0.39 is 18.0 Å². The second-order valence-electron chi connectivity index (χ2n) is 7.78. The predicted molar refractivity (Wildman–Crippen MR) is 114 cm³/mol. The normalized spacial score (nSPS) is 17.4. The average molecular weight is 436 g/mol. The monoisotopic (exact) mass is 436 g/mol. The van der Waals surface area contributed by atoms with Crippen LogP contribution < -0.4 is 15.1 Å². The van der Waals surface area contributed by atoms with Crippen LogP contribution in [0.25, 0.3) is 5.82 Å². The van der Waals surface area contributed by atoms with Crippen LogP contribution in [0, 0.1) is 5.82 Å². The molecule has 1 atom stereocenters. The molecule has 1 saturated heterocycles. The minimum Gasteiger partial charge on any atom is -0.442 e. The Labute approximate surface area is 183 Å². The number of halogens is 1. The molecule has 9 nitrogen and oxygen atoms in total. The molecule has 0 bridgehead atoms. The number of amides is 2. The first-order chi connectivity index (χ1) is 15.5. The highest BCUT2D eigenvalue weighted by Gasteiger charge is 2.33. The first kappa shape index (κ1) is 20.0. The largest absolute Gasteiger partial charge is 0.442 e. The van der Waals surface area contributed by atoms with Crippen LogP contribution in [-0.4, -0.2) is 46.0 Å². The number of nitrogens with zero attached hydrogens (tertiary/aromatic N) is 5. The van der Waals surface area contributed by atoms with Gasteiger partial charge in [0.25, 0.3) is 0 Å². The van der Waals surface area contributed by atoms with Gasteiger partial charge in [-0.3, -0.25) is 9.69 Å². The first-order valence-electron chi connectivity index (χ1n) is 10.2. The molecule has 164 valence electrons. The lowest BCUT2D eigenvalue weighted by Crippen LogP contribution is -2.33. The number of hydrogen-bond donors (Lipinski definition) is 1. The fraction of sp³-hybridized carbons (Fsp3) is 0.273. The van der Waals surface area contributed by atoms with Crippen LogP contribution in [0.5, 0.6) is 0 Å². The highest BCUT2D eigenvalue weighted by atomic mass is 19.1. The number of carbonyl (C=O) groups excluding carboxylic acids is 2. The Morgan fingerprint density at radius 2 is 2.16 bits per heavy atom. The molecule has 0 spiro atoms. The topological polar surface area (TPSA) is 92.6 Å². The molecule has 0 unspecified atom stereocenters. The number of cyclic esters (lactones) is 1. The second kappa shape index (κ2) is 7.95. The van der Waals surface area contributed by atoms with Crippen molar-refractivity contribution in [2.24, 2.45) is 0 Å². The summed E-state index contributed by atoms with van der Waals surface area (Å²) in [6, 6.07) is 10.3. The van der Waals surface area contributed by atoms with Gasteiger partial charge in [0.1, 0.15) is 11.9 Å². The molecule has 2 amide bonds. The zero-order chi connectivity index (χ0) is 22.2. The molecule has 0 aliphatic carbocycles. The zero-order valence-corrected chi connectivity index (χ0v) is 17.4. The van der Waals surface area contributed by atoms with Crippen molar-refractivity contribution in [3.63, 3.8) is 0 Å². The van der Waals surface area contributed by atoms with Crippen molar-refractivity contribution in [2.45, 2.75) is 26.1 Å². The number of carbonyl (C=O) groups is 2. The van der Waals surface area contributed by atoms with E-state index in [1.807, 2.05) is 29.3 Å². The van der Waals surface area contributed by atoms with E-state index in [4.69, 9.17) is 4.74 Å². The average Bonchev–Trinajstić information content (AvgIpc) is 3.46. The summed E-state index contributed by atoms with van der Waals surface area (Å²) >= 11 is 0. The van der Waals surface area contributed by atoms with Gasteiger partial charge in [0.05, 0.1) is 36.7 Å². The summed E-state index contributed by atoms with van der Waals surface area (Å²) < 4.78 is 22.0. The van der Waals surface area contributed by atoms with E-state index in [1.54, 1.807) is 23.0 Å². The van der Waals surface area contributed by atoms with Crippen molar-refractivity contribution in [1.29, 1.82) is 0 Å². The zero-order valence-electron chi connectivity index (χ0n) is 17.4. The number of benzene rings is 1. The molecule has 32 heavy (non-hydrogen) atoms. The van der Waals surface area contributed by atoms with Gasteiger partial charge in [0.15, 0.2) is 5.82 Å². The molecule has 5 rings (SSSR count). The maximum absolute atomic E-state index is 15.0. The smallest absolute Gasteiger partial charge is 0.414 e. The van der Waals surface area contributed by atoms with E-state index in [0.29, 0.717) is 24.5 Å². The molecule has 0 radical (unpaired) electrons. The number of ether oxygens (including phenoxy) is 1. The molecule has 0 saturated carbocycles. The first-order valence-corrected chi connectivity index (χ1v) is 10.2. The third kappa shape index (κ3) is 3.75. The Hall–Kier alpha value is -3.95. The molecule has 4 heterocycles. The molecule has 2 aromatic heterocycles. The van der Waals surface area contributed by atoms with Gasteiger partial charge in [-0.15, -0.1) is 0 Å². The Kier molecular flexibility index (Phi) is 4.96. The summed E-state index contributed by atoms with van der Waals surface area (Å²) in [5.41, 5.74) is 2.75. The maximum Gasteiger partial charge on any atom is 0.414 e. The van der Waals surface area contributed by atoms with Crippen molar-refractivity contribution in [3.05, 3.63) is 65.9 Å². The van der Waals surface area contributed by atoms with Crippen LogP contribution in [0.1, 0.15) is 18.2 Å². The molecule has 10 heteroatoms. The number of anilines is 2. The highest BCUT2D eigenvalue weighted by Crippen LogP contribution is 2.33. The maximum atomic E-state index is 15.0. The molecule has 2 aliphatic rings. The van der Waals surface area contributed by atoms with Gasteiger partial charge in [-0.2, -0.15) is 5.10 Å². The van der Waals surface area contributed by atoms with Crippen LogP contribution in [-0.2, 0) is 22.6 Å². The van der Waals surface area contributed by atoms with Crippen molar-refractivity contribution in [1.82, 2.24) is 20.1 Å². The van der Waals surface area contributed by atoms with E-state index in [0.717, 1.165) is 17.1 Å². The van der Waals surface area contributed by atoms with Crippen molar-refractivity contribution in [2.75, 3.05) is 22.9 Å². The van der Waals surface area contributed by atoms with Gasteiger partial charge < -0.3 is 15.0 Å².